The molecule has 18 heavy (non-hydrogen) atoms. The molecule has 2 unspecified atom stereocenters. The molecule has 1 aliphatic rings. The third kappa shape index (κ3) is 4.94. The lowest BCUT2D eigenvalue weighted by molar-refractivity contribution is -0.125. The predicted octanol–water partition coefficient (Wildman–Crippen LogP) is 1.08. The van der Waals surface area contributed by atoms with Crippen LogP contribution in [-0.4, -0.2) is 50.6 Å². The minimum atomic E-state index is -0.00564. The summed E-state index contributed by atoms with van der Waals surface area (Å²) in [6, 6.07) is -0.00564. The van der Waals surface area contributed by atoms with Gasteiger partial charge in [-0.2, -0.15) is 0 Å². The van der Waals surface area contributed by atoms with E-state index in [4.69, 9.17) is 0 Å². The first-order valence-corrected chi connectivity index (χ1v) is 6.98. The van der Waals surface area contributed by atoms with Gasteiger partial charge in [-0.3, -0.25) is 4.79 Å². The molecule has 0 aromatic carbocycles. The second-order valence-corrected chi connectivity index (χ2v) is 6.67. The van der Waals surface area contributed by atoms with E-state index in [1.807, 2.05) is 0 Å². The average molecular weight is 255 g/mol. The third-order valence-corrected chi connectivity index (χ3v) is 3.54. The van der Waals surface area contributed by atoms with Gasteiger partial charge in [0.05, 0.1) is 6.04 Å². The summed E-state index contributed by atoms with van der Waals surface area (Å²) in [5.41, 5.74) is 0.108. The molecule has 0 bridgehead atoms. The van der Waals surface area contributed by atoms with E-state index in [1.165, 1.54) is 6.42 Å². The maximum Gasteiger partial charge on any atom is 0.237 e. The van der Waals surface area contributed by atoms with Crippen LogP contribution in [-0.2, 0) is 4.79 Å². The van der Waals surface area contributed by atoms with Crippen LogP contribution in [0.25, 0.3) is 0 Å². The predicted molar refractivity (Wildman–Crippen MR) is 75.5 cm³/mol. The highest BCUT2D eigenvalue weighted by Gasteiger charge is 2.28. The molecule has 1 aliphatic heterocycles. The van der Waals surface area contributed by atoms with Crippen LogP contribution in [0, 0.1) is 11.3 Å². The van der Waals surface area contributed by atoms with Crippen molar-refractivity contribution in [2.45, 2.75) is 39.7 Å². The zero-order valence-corrected chi connectivity index (χ0v) is 12.5. The Kier molecular flexibility index (Phi) is 5.60. The number of hydrogen-bond acceptors (Lipinski definition) is 3. The van der Waals surface area contributed by atoms with Crippen molar-refractivity contribution >= 4 is 5.91 Å². The number of nitrogens with zero attached hydrogens (tertiary/aromatic N) is 1. The molecule has 1 rings (SSSR count). The van der Waals surface area contributed by atoms with Gasteiger partial charge in [-0.15, -0.1) is 0 Å². The fraction of sp³-hybridized carbons (Fsp3) is 0.929. The highest BCUT2D eigenvalue weighted by Crippen LogP contribution is 2.17. The Bertz CT molecular complexity index is 276. The van der Waals surface area contributed by atoms with Crippen molar-refractivity contribution in [3.8, 4) is 0 Å². The minimum Gasteiger partial charge on any atom is -0.354 e. The number of hydrogen-bond donors (Lipinski definition) is 2. The number of nitrogens with one attached hydrogen (secondary N) is 2. The fourth-order valence-corrected chi connectivity index (χ4v) is 2.75. The number of carbonyl (C=O) groups is 1. The van der Waals surface area contributed by atoms with Gasteiger partial charge in [0, 0.05) is 13.1 Å². The third-order valence-electron chi connectivity index (χ3n) is 3.54. The summed E-state index contributed by atoms with van der Waals surface area (Å²) in [6.45, 7) is 9.19. The molecule has 2 atom stereocenters. The summed E-state index contributed by atoms with van der Waals surface area (Å²) in [6.07, 6.45) is 2.32. The summed E-state index contributed by atoms with van der Waals surface area (Å²) in [5.74, 6) is 0.602. The summed E-state index contributed by atoms with van der Waals surface area (Å²) in [5, 5.41) is 6.42. The largest absolute Gasteiger partial charge is 0.354 e. The monoisotopic (exact) mass is 255 g/mol. The molecule has 0 aromatic heterocycles. The van der Waals surface area contributed by atoms with E-state index in [0.717, 1.165) is 26.1 Å². The maximum atomic E-state index is 12.2. The van der Waals surface area contributed by atoms with E-state index in [2.05, 4.69) is 50.4 Å². The summed E-state index contributed by atoms with van der Waals surface area (Å²) in [4.78, 5) is 14.3. The number of rotatable bonds is 5. The Labute approximate surface area is 111 Å². The van der Waals surface area contributed by atoms with E-state index in [-0.39, 0.29) is 17.4 Å². The first-order chi connectivity index (χ1) is 8.32. The molecule has 106 valence electrons. The van der Waals surface area contributed by atoms with Crippen LogP contribution >= 0.6 is 0 Å². The lowest BCUT2D eigenvalue weighted by atomic mass is 9.90. The second kappa shape index (κ2) is 6.53. The smallest absolute Gasteiger partial charge is 0.237 e. The van der Waals surface area contributed by atoms with Crippen LogP contribution in [0.2, 0.25) is 0 Å². The molecule has 1 heterocycles. The van der Waals surface area contributed by atoms with Gasteiger partial charge in [0.15, 0.2) is 0 Å². The molecule has 1 amide bonds. The summed E-state index contributed by atoms with van der Waals surface area (Å²) >= 11 is 0. The quantitative estimate of drug-likeness (QED) is 0.772. The van der Waals surface area contributed by atoms with Crippen molar-refractivity contribution in [1.82, 2.24) is 15.5 Å². The normalized spacial score (nSPS) is 25.2. The molecular formula is C14H29N3O. The van der Waals surface area contributed by atoms with Gasteiger partial charge in [0.25, 0.3) is 0 Å². The van der Waals surface area contributed by atoms with Crippen molar-refractivity contribution in [3.63, 3.8) is 0 Å². The molecule has 2 N–H and O–H groups in total. The van der Waals surface area contributed by atoms with Crippen molar-refractivity contribution < 1.29 is 4.79 Å². The molecule has 0 radical (unpaired) electrons. The number of amides is 1. The van der Waals surface area contributed by atoms with Crippen LogP contribution in [0.15, 0.2) is 0 Å². The topological polar surface area (TPSA) is 44.4 Å². The average Bonchev–Trinajstić information content (AvgIpc) is 2.25. The molecule has 0 spiro atoms. The van der Waals surface area contributed by atoms with Gasteiger partial charge in [0.2, 0.25) is 5.91 Å². The lowest BCUT2D eigenvalue weighted by Crippen LogP contribution is -2.52. The standard InChI is InChI=1S/C14H29N3O/c1-11-7-6-8-15-12(11)13(18)16-9-14(2,3)10-17(4)5/h11-12,15H,6-10H2,1-5H3,(H,16,18). The number of piperidine rings is 1. The Morgan fingerprint density at radius 1 is 1.44 bits per heavy atom. The van der Waals surface area contributed by atoms with Crippen LogP contribution < -0.4 is 10.6 Å². The van der Waals surface area contributed by atoms with Crippen LogP contribution in [0.4, 0.5) is 0 Å². The van der Waals surface area contributed by atoms with Crippen molar-refractivity contribution in [1.29, 1.82) is 0 Å². The van der Waals surface area contributed by atoms with Gasteiger partial charge in [0.1, 0.15) is 0 Å². The van der Waals surface area contributed by atoms with Crippen molar-refractivity contribution in [2.24, 2.45) is 11.3 Å². The second-order valence-electron chi connectivity index (χ2n) is 6.67. The fourth-order valence-electron chi connectivity index (χ4n) is 2.75. The zero-order valence-electron chi connectivity index (χ0n) is 12.5. The molecule has 4 heteroatoms. The Morgan fingerprint density at radius 2 is 2.11 bits per heavy atom. The number of carbonyl (C=O) groups excluding carboxylic acids is 1. The molecular weight excluding hydrogens is 226 g/mol. The molecule has 0 saturated carbocycles. The van der Waals surface area contributed by atoms with E-state index in [0.29, 0.717) is 5.92 Å². The van der Waals surface area contributed by atoms with Gasteiger partial charge in [-0.05, 0) is 44.8 Å². The summed E-state index contributed by atoms with van der Waals surface area (Å²) < 4.78 is 0. The maximum absolute atomic E-state index is 12.2. The van der Waals surface area contributed by atoms with E-state index >= 15 is 0 Å². The highest BCUT2D eigenvalue weighted by atomic mass is 16.2. The first kappa shape index (κ1) is 15.4. The minimum absolute atomic E-state index is 0.00564. The highest BCUT2D eigenvalue weighted by molar-refractivity contribution is 5.82. The SMILES string of the molecule is CC1CCCNC1C(=O)NCC(C)(C)CN(C)C. The molecule has 1 saturated heterocycles. The molecule has 1 fully saturated rings. The van der Waals surface area contributed by atoms with Gasteiger partial charge < -0.3 is 15.5 Å². The van der Waals surface area contributed by atoms with Gasteiger partial charge in [-0.25, -0.2) is 0 Å². The van der Waals surface area contributed by atoms with Crippen LogP contribution in [0.5, 0.6) is 0 Å². The Morgan fingerprint density at radius 3 is 2.67 bits per heavy atom. The summed E-state index contributed by atoms with van der Waals surface area (Å²) in [7, 11) is 4.13. The lowest BCUT2D eigenvalue weighted by Gasteiger charge is -2.32. The van der Waals surface area contributed by atoms with E-state index < -0.39 is 0 Å². The van der Waals surface area contributed by atoms with E-state index in [9.17, 15) is 4.79 Å². The molecule has 0 aliphatic carbocycles. The van der Waals surface area contributed by atoms with Crippen LogP contribution in [0.3, 0.4) is 0 Å². The van der Waals surface area contributed by atoms with Gasteiger partial charge >= 0.3 is 0 Å². The van der Waals surface area contributed by atoms with Crippen molar-refractivity contribution in [3.05, 3.63) is 0 Å². The Balaban J connectivity index is 2.40. The van der Waals surface area contributed by atoms with E-state index in [1.54, 1.807) is 0 Å². The van der Waals surface area contributed by atoms with Crippen molar-refractivity contribution in [2.75, 3.05) is 33.7 Å². The molecule has 0 aromatic rings. The zero-order chi connectivity index (χ0) is 13.8. The van der Waals surface area contributed by atoms with Crippen LogP contribution in [0.1, 0.15) is 33.6 Å². The molecule has 4 nitrogen and oxygen atoms in total. The van der Waals surface area contributed by atoms with Gasteiger partial charge in [-0.1, -0.05) is 20.8 Å². The first-order valence-electron chi connectivity index (χ1n) is 6.98. The Hall–Kier alpha value is -0.610.